The fourth-order valence-corrected chi connectivity index (χ4v) is 2.43. The summed E-state index contributed by atoms with van der Waals surface area (Å²) in [5.74, 6) is 2.46. The van der Waals surface area contributed by atoms with Crippen LogP contribution in [0.3, 0.4) is 0 Å². The maximum atomic E-state index is 5.94. The predicted molar refractivity (Wildman–Crippen MR) is 67.6 cm³/mol. The molecule has 0 amide bonds. The second-order valence-corrected chi connectivity index (χ2v) is 5.22. The molecule has 1 fully saturated rings. The Kier molecular flexibility index (Phi) is 3.84. The molecule has 1 aliphatic heterocycles. The molecule has 0 radical (unpaired) electrons. The first-order chi connectivity index (χ1) is 8.06. The van der Waals surface area contributed by atoms with Gasteiger partial charge in [-0.25, -0.2) is 4.98 Å². The van der Waals surface area contributed by atoms with Gasteiger partial charge in [-0.3, -0.25) is 4.90 Å². The number of nitrogens with two attached hydrogens (primary N) is 1. The molecule has 2 heterocycles. The van der Waals surface area contributed by atoms with Crippen molar-refractivity contribution in [3.05, 3.63) is 17.3 Å². The first-order valence-electron chi connectivity index (χ1n) is 6.47. The Morgan fingerprint density at radius 1 is 1.41 bits per heavy atom. The number of rotatable bonds is 3. The number of aromatic nitrogens is 1. The van der Waals surface area contributed by atoms with Crippen LogP contribution >= 0.6 is 0 Å². The van der Waals surface area contributed by atoms with Crippen LogP contribution in [0.15, 0.2) is 4.42 Å². The molecule has 1 unspecified atom stereocenters. The number of hydrogen-bond acceptors (Lipinski definition) is 4. The molecule has 0 bridgehead atoms. The standard InChI is InChI=1S/C13H23N3O/c1-9(14)12-4-6-16(7-5-12)8-13-15-10(2)11(3)17-13/h9,12H,4-8,14H2,1-3H3. The van der Waals surface area contributed by atoms with E-state index in [0.29, 0.717) is 12.0 Å². The molecular formula is C13H23N3O. The van der Waals surface area contributed by atoms with Crippen LogP contribution in [0.1, 0.15) is 37.1 Å². The molecule has 1 aliphatic rings. The van der Waals surface area contributed by atoms with E-state index in [9.17, 15) is 0 Å². The molecule has 17 heavy (non-hydrogen) atoms. The van der Waals surface area contributed by atoms with Gasteiger partial charge in [0.1, 0.15) is 5.76 Å². The first kappa shape index (κ1) is 12.6. The van der Waals surface area contributed by atoms with Gasteiger partial charge in [0.2, 0.25) is 5.89 Å². The molecule has 2 rings (SSSR count). The summed E-state index contributed by atoms with van der Waals surface area (Å²) in [6, 6.07) is 0.323. The lowest BCUT2D eigenvalue weighted by Crippen LogP contribution is -2.39. The lowest BCUT2D eigenvalue weighted by molar-refractivity contribution is 0.153. The Hall–Kier alpha value is -0.870. The monoisotopic (exact) mass is 237 g/mol. The summed E-state index contributed by atoms with van der Waals surface area (Å²) in [4.78, 5) is 6.83. The third-order valence-corrected chi connectivity index (χ3v) is 3.81. The van der Waals surface area contributed by atoms with Crippen molar-refractivity contribution in [2.75, 3.05) is 13.1 Å². The highest BCUT2D eigenvalue weighted by molar-refractivity contribution is 5.05. The number of nitrogens with zero attached hydrogens (tertiary/aromatic N) is 2. The summed E-state index contributed by atoms with van der Waals surface area (Å²) in [5, 5.41) is 0. The fraction of sp³-hybridized carbons (Fsp3) is 0.769. The lowest BCUT2D eigenvalue weighted by atomic mass is 9.91. The number of hydrogen-bond donors (Lipinski definition) is 1. The topological polar surface area (TPSA) is 55.3 Å². The normalized spacial score (nSPS) is 20.7. The Morgan fingerprint density at radius 3 is 2.53 bits per heavy atom. The van der Waals surface area contributed by atoms with Crippen molar-refractivity contribution >= 4 is 0 Å². The van der Waals surface area contributed by atoms with Crippen molar-refractivity contribution in [1.29, 1.82) is 0 Å². The lowest BCUT2D eigenvalue weighted by Gasteiger charge is -2.32. The van der Waals surface area contributed by atoms with Crippen molar-refractivity contribution < 1.29 is 4.42 Å². The van der Waals surface area contributed by atoms with Crippen LogP contribution in [0, 0.1) is 19.8 Å². The average Bonchev–Trinajstić information content (AvgIpc) is 2.58. The van der Waals surface area contributed by atoms with E-state index in [1.807, 2.05) is 13.8 Å². The molecule has 4 heteroatoms. The summed E-state index contributed by atoms with van der Waals surface area (Å²) >= 11 is 0. The summed E-state index contributed by atoms with van der Waals surface area (Å²) in [5.41, 5.74) is 6.94. The molecule has 96 valence electrons. The molecule has 0 aromatic carbocycles. The van der Waals surface area contributed by atoms with Gasteiger partial charge in [0.05, 0.1) is 12.2 Å². The van der Waals surface area contributed by atoms with E-state index in [4.69, 9.17) is 10.2 Å². The maximum Gasteiger partial charge on any atom is 0.208 e. The highest BCUT2D eigenvalue weighted by Gasteiger charge is 2.22. The fourth-order valence-electron chi connectivity index (χ4n) is 2.43. The Morgan fingerprint density at radius 2 is 2.06 bits per heavy atom. The second-order valence-electron chi connectivity index (χ2n) is 5.22. The van der Waals surface area contributed by atoms with Gasteiger partial charge in [-0.05, 0) is 52.6 Å². The molecule has 1 aromatic rings. The van der Waals surface area contributed by atoms with Gasteiger partial charge in [0.25, 0.3) is 0 Å². The molecule has 1 atom stereocenters. The molecule has 0 spiro atoms. The van der Waals surface area contributed by atoms with Crippen LogP contribution in [0.4, 0.5) is 0 Å². The quantitative estimate of drug-likeness (QED) is 0.871. The summed E-state index contributed by atoms with van der Waals surface area (Å²) in [7, 11) is 0. The second kappa shape index (κ2) is 5.19. The highest BCUT2D eigenvalue weighted by atomic mass is 16.4. The zero-order valence-corrected chi connectivity index (χ0v) is 11.1. The zero-order valence-electron chi connectivity index (χ0n) is 11.1. The van der Waals surface area contributed by atoms with Crippen LogP contribution in [0.2, 0.25) is 0 Å². The van der Waals surface area contributed by atoms with E-state index in [1.165, 1.54) is 12.8 Å². The Balaban J connectivity index is 1.86. The SMILES string of the molecule is Cc1nc(CN2CCC(C(C)N)CC2)oc1C. The first-order valence-corrected chi connectivity index (χ1v) is 6.47. The van der Waals surface area contributed by atoms with Crippen molar-refractivity contribution in [3.63, 3.8) is 0 Å². The molecule has 1 saturated heterocycles. The highest BCUT2D eigenvalue weighted by Crippen LogP contribution is 2.21. The zero-order chi connectivity index (χ0) is 12.4. The number of likely N-dealkylation sites (tertiary alicyclic amines) is 1. The molecule has 2 N–H and O–H groups in total. The van der Waals surface area contributed by atoms with E-state index >= 15 is 0 Å². The minimum atomic E-state index is 0.323. The van der Waals surface area contributed by atoms with Crippen molar-refractivity contribution in [1.82, 2.24) is 9.88 Å². The minimum Gasteiger partial charge on any atom is -0.444 e. The van der Waals surface area contributed by atoms with E-state index in [1.54, 1.807) is 0 Å². The molecule has 1 aromatic heterocycles. The van der Waals surface area contributed by atoms with E-state index < -0.39 is 0 Å². The number of oxazole rings is 1. The van der Waals surface area contributed by atoms with Gasteiger partial charge < -0.3 is 10.2 Å². The van der Waals surface area contributed by atoms with E-state index in [2.05, 4.69) is 16.8 Å². The van der Waals surface area contributed by atoms with Crippen LogP contribution in [0.5, 0.6) is 0 Å². The van der Waals surface area contributed by atoms with Crippen LogP contribution in [0.25, 0.3) is 0 Å². The third-order valence-electron chi connectivity index (χ3n) is 3.81. The van der Waals surface area contributed by atoms with Gasteiger partial charge in [0.15, 0.2) is 0 Å². The molecule has 0 saturated carbocycles. The minimum absolute atomic E-state index is 0.323. The van der Waals surface area contributed by atoms with E-state index in [0.717, 1.165) is 37.0 Å². The van der Waals surface area contributed by atoms with Crippen LogP contribution in [-0.4, -0.2) is 29.0 Å². The van der Waals surface area contributed by atoms with Gasteiger partial charge in [-0.2, -0.15) is 0 Å². The number of piperidine rings is 1. The van der Waals surface area contributed by atoms with Gasteiger partial charge >= 0.3 is 0 Å². The van der Waals surface area contributed by atoms with E-state index in [-0.39, 0.29) is 0 Å². The van der Waals surface area contributed by atoms with Crippen LogP contribution < -0.4 is 5.73 Å². The van der Waals surface area contributed by atoms with Gasteiger partial charge in [-0.1, -0.05) is 0 Å². The van der Waals surface area contributed by atoms with Gasteiger partial charge in [-0.15, -0.1) is 0 Å². The number of aryl methyl sites for hydroxylation is 2. The average molecular weight is 237 g/mol. The van der Waals surface area contributed by atoms with Gasteiger partial charge in [0, 0.05) is 6.04 Å². The van der Waals surface area contributed by atoms with Crippen molar-refractivity contribution in [2.24, 2.45) is 11.7 Å². The predicted octanol–water partition coefficient (Wildman–Crippen LogP) is 1.85. The summed E-state index contributed by atoms with van der Waals surface area (Å²) in [6.45, 7) is 9.11. The Labute approximate surface area is 103 Å². The molecule has 0 aliphatic carbocycles. The smallest absolute Gasteiger partial charge is 0.208 e. The van der Waals surface area contributed by atoms with Crippen LogP contribution in [-0.2, 0) is 6.54 Å². The summed E-state index contributed by atoms with van der Waals surface area (Å²) in [6.07, 6.45) is 2.38. The molecular weight excluding hydrogens is 214 g/mol. The molecule has 4 nitrogen and oxygen atoms in total. The third kappa shape index (κ3) is 3.07. The Bertz CT molecular complexity index is 345. The maximum absolute atomic E-state index is 5.94. The van der Waals surface area contributed by atoms with Crippen molar-refractivity contribution in [3.8, 4) is 0 Å². The summed E-state index contributed by atoms with van der Waals surface area (Å²) < 4.78 is 5.61. The van der Waals surface area contributed by atoms with Crippen molar-refractivity contribution in [2.45, 2.75) is 46.2 Å². The largest absolute Gasteiger partial charge is 0.444 e.